The minimum atomic E-state index is -0.768. The largest absolute Gasteiger partial charge is 0.508 e. The number of nitrogens with two attached hydrogens (primary N) is 1. The fourth-order valence-electron chi connectivity index (χ4n) is 3.78. The summed E-state index contributed by atoms with van der Waals surface area (Å²) >= 11 is 3.40. The molecule has 198 valence electrons. The molecule has 0 radical (unpaired) electrons. The molecule has 38 heavy (non-hydrogen) atoms. The van der Waals surface area contributed by atoms with E-state index in [-0.39, 0.29) is 23.4 Å². The van der Waals surface area contributed by atoms with Crippen LogP contribution in [0, 0.1) is 5.92 Å². The molecule has 0 heterocycles. The average molecular weight is 580 g/mol. The maximum atomic E-state index is 12.8. The van der Waals surface area contributed by atoms with Crippen molar-refractivity contribution in [2.75, 3.05) is 16.4 Å². The Morgan fingerprint density at radius 2 is 1.76 bits per heavy atom. The van der Waals surface area contributed by atoms with Crippen molar-refractivity contribution in [1.29, 1.82) is 0 Å². The Balaban J connectivity index is 1.66. The number of carbonyl (C=O) groups is 3. The summed E-state index contributed by atoms with van der Waals surface area (Å²) < 4.78 is 6.50. The van der Waals surface area contributed by atoms with Crippen LogP contribution < -0.4 is 16.4 Å². The van der Waals surface area contributed by atoms with Crippen LogP contribution in [0.25, 0.3) is 0 Å². The number of phenols is 1. The molecule has 8 nitrogen and oxygen atoms in total. The average Bonchev–Trinajstić information content (AvgIpc) is 2.88. The number of rotatable bonds is 10. The van der Waals surface area contributed by atoms with Gasteiger partial charge in [0.25, 0.3) is 0 Å². The number of allylic oxidation sites excluding steroid dienone is 1. The van der Waals surface area contributed by atoms with E-state index in [4.69, 9.17) is 10.5 Å². The number of nitrogen functional groups attached to an aromatic ring is 1. The Kier molecular flexibility index (Phi) is 10.1. The molecule has 0 unspecified atom stereocenters. The normalized spacial score (nSPS) is 12.5. The summed E-state index contributed by atoms with van der Waals surface area (Å²) in [4.78, 5) is 36.5. The van der Waals surface area contributed by atoms with Gasteiger partial charge in [-0.05, 0) is 86.4 Å². The number of nitrogens with one attached hydrogen (secondary N) is 2. The van der Waals surface area contributed by atoms with Gasteiger partial charge in [0.15, 0.2) is 5.78 Å². The molecule has 0 spiro atoms. The van der Waals surface area contributed by atoms with Gasteiger partial charge in [-0.15, -0.1) is 0 Å². The minimum absolute atomic E-state index is 0.000897. The predicted molar refractivity (Wildman–Crippen MR) is 152 cm³/mol. The van der Waals surface area contributed by atoms with Gasteiger partial charge in [0.05, 0.1) is 11.4 Å². The van der Waals surface area contributed by atoms with Crippen LogP contribution in [0.5, 0.6) is 5.75 Å². The Morgan fingerprint density at radius 3 is 2.45 bits per heavy atom. The summed E-state index contributed by atoms with van der Waals surface area (Å²) in [6.07, 6.45) is 2.79. The van der Waals surface area contributed by atoms with Crippen molar-refractivity contribution in [2.24, 2.45) is 5.92 Å². The smallest absolute Gasteiger partial charge is 0.412 e. The highest BCUT2D eigenvalue weighted by Crippen LogP contribution is 2.36. The molecule has 0 aromatic heterocycles. The van der Waals surface area contributed by atoms with Crippen molar-refractivity contribution in [1.82, 2.24) is 0 Å². The second kappa shape index (κ2) is 13.4. The third kappa shape index (κ3) is 8.21. The minimum Gasteiger partial charge on any atom is -0.508 e. The zero-order valence-electron chi connectivity index (χ0n) is 21.1. The molecule has 0 aliphatic heterocycles. The first-order valence-corrected chi connectivity index (χ1v) is 12.8. The maximum Gasteiger partial charge on any atom is 0.412 e. The van der Waals surface area contributed by atoms with E-state index in [0.29, 0.717) is 41.0 Å². The zero-order valence-corrected chi connectivity index (χ0v) is 22.7. The van der Waals surface area contributed by atoms with Gasteiger partial charge in [0, 0.05) is 21.3 Å². The van der Waals surface area contributed by atoms with Gasteiger partial charge in [-0.25, -0.2) is 4.79 Å². The molecular formula is C29H30BrN3O5. The lowest BCUT2D eigenvalue weighted by atomic mass is 9.92. The molecule has 0 aliphatic rings. The van der Waals surface area contributed by atoms with Gasteiger partial charge < -0.3 is 20.9 Å². The van der Waals surface area contributed by atoms with Crippen LogP contribution in [0.1, 0.15) is 48.7 Å². The number of aromatic hydroxyl groups is 1. The molecule has 0 aliphatic carbocycles. The standard InChI is InChI=1S/C29H30BrN3O5/c1-18(7-3-6-10-27(36)33-25-9-5-4-8-24(25)31)28(23-17-21(30)13-16-26(23)35)38-29(37)32-22-14-11-20(12-15-22)19(2)34/h4-6,8-18,28,35H,3,7,31H2,1-2H3,(H,32,37)(H,33,36)/b10-6+/t18-,28-/m1/s1. The first kappa shape index (κ1) is 28.5. The van der Waals surface area contributed by atoms with Gasteiger partial charge in [-0.3, -0.25) is 14.9 Å². The number of ether oxygens (including phenoxy) is 1. The number of hydrogen-bond donors (Lipinski definition) is 4. The highest BCUT2D eigenvalue weighted by atomic mass is 79.9. The Bertz CT molecular complexity index is 1320. The van der Waals surface area contributed by atoms with Crippen molar-refractivity contribution in [2.45, 2.75) is 32.8 Å². The molecule has 3 aromatic rings. The molecule has 3 rings (SSSR count). The van der Waals surface area contributed by atoms with Gasteiger partial charge in [0.2, 0.25) is 5.91 Å². The van der Waals surface area contributed by atoms with Crippen LogP contribution in [0.15, 0.2) is 83.4 Å². The molecule has 0 saturated carbocycles. The molecule has 2 atom stereocenters. The Labute approximate surface area is 230 Å². The highest BCUT2D eigenvalue weighted by molar-refractivity contribution is 9.10. The van der Waals surface area contributed by atoms with E-state index >= 15 is 0 Å². The molecule has 9 heteroatoms. The number of carbonyl (C=O) groups excluding carboxylic acids is 3. The molecular weight excluding hydrogens is 550 g/mol. The Hall–Kier alpha value is -4.11. The number of phenolic OH excluding ortho intramolecular Hbond substituents is 1. The van der Waals surface area contributed by atoms with Crippen molar-refractivity contribution < 1.29 is 24.2 Å². The fraction of sp³-hybridized carbons (Fsp3) is 0.207. The SMILES string of the molecule is CC(=O)c1ccc(NC(=O)O[C@@H](c2cc(Br)ccc2O)[C@H](C)CC/C=C/C(=O)Nc2ccccc2N)cc1. The summed E-state index contributed by atoms with van der Waals surface area (Å²) in [5.41, 5.74) is 8.33. The molecule has 3 aromatic carbocycles. The molecule has 5 N–H and O–H groups in total. The van der Waals surface area contributed by atoms with Crippen LogP contribution >= 0.6 is 15.9 Å². The van der Waals surface area contributed by atoms with E-state index in [1.54, 1.807) is 66.7 Å². The van der Waals surface area contributed by atoms with Crippen LogP contribution in [0.2, 0.25) is 0 Å². The monoisotopic (exact) mass is 579 g/mol. The number of benzene rings is 3. The van der Waals surface area contributed by atoms with Crippen molar-refractivity contribution in [3.05, 3.63) is 94.5 Å². The summed E-state index contributed by atoms with van der Waals surface area (Å²) in [6.45, 7) is 3.37. The second-order valence-corrected chi connectivity index (χ2v) is 9.74. The number of Topliss-reactive ketones (excluding diaryl/α,β-unsaturated/α-hetero) is 1. The van der Waals surface area contributed by atoms with Crippen LogP contribution in [0.3, 0.4) is 0 Å². The van der Waals surface area contributed by atoms with E-state index in [9.17, 15) is 19.5 Å². The first-order valence-electron chi connectivity index (χ1n) is 12.0. The number of ketones is 1. The van der Waals surface area contributed by atoms with E-state index in [1.165, 1.54) is 19.1 Å². The number of amides is 2. The van der Waals surface area contributed by atoms with Crippen molar-refractivity contribution in [3.8, 4) is 5.75 Å². The number of anilines is 3. The fourth-order valence-corrected chi connectivity index (χ4v) is 4.16. The lowest BCUT2D eigenvalue weighted by Crippen LogP contribution is -2.22. The van der Waals surface area contributed by atoms with E-state index < -0.39 is 12.2 Å². The maximum absolute atomic E-state index is 12.8. The van der Waals surface area contributed by atoms with Crippen molar-refractivity contribution >= 4 is 50.8 Å². The third-order valence-corrected chi connectivity index (χ3v) is 6.35. The molecule has 0 saturated heterocycles. The summed E-state index contributed by atoms with van der Waals surface area (Å²) in [5, 5.41) is 15.9. The van der Waals surface area contributed by atoms with Crippen molar-refractivity contribution in [3.63, 3.8) is 0 Å². The number of hydrogen-bond acceptors (Lipinski definition) is 6. The third-order valence-electron chi connectivity index (χ3n) is 5.86. The van der Waals surface area contributed by atoms with Crippen LogP contribution in [-0.4, -0.2) is 22.9 Å². The van der Waals surface area contributed by atoms with Gasteiger partial charge in [-0.2, -0.15) is 0 Å². The first-order chi connectivity index (χ1) is 18.1. The quantitative estimate of drug-likeness (QED) is 0.118. The van der Waals surface area contributed by atoms with Crippen LogP contribution in [0.4, 0.5) is 21.9 Å². The lowest BCUT2D eigenvalue weighted by molar-refractivity contribution is -0.111. The van der Waals surface area contributed by atoms with E-state index in [0.717, 1.165) is 4.47 Å². The number of para-hydroxylation sites is 2. The lowest BCUT2D eigenvalue weighted by Gasteiger charge is -2.25. The summed E-state index contributed by atoms with van der Waals surface area (Å²) in [6, 6.07) is 18.4. The molecule has 0 bridgehead atoms. The predicted octanol–water partition coefficient (Wildman–Crippen LogP) is 6.84. The summed E-state index contributed by atoms with van der Waals surface area (Å²) in [7, 11) is 0. The number of halogens is 1. The summed E-state index contributed by atoms with van der Waals surface area (Å²) in [5.74, 6) is -0.588. The molecule has 0 fully saturated rings. The molecule has 2 amide bonds. The van der Waals surface area contributed by atoms with Gasteiger partial charge >= 0.3 is 6.09 Å². The van der Waals surface area contributed by atoms with E-state index in [1.807, 2.05) is 6.92 Å². The zero-order chi connectivity index (χ0) is 27.7. The van der Waals surface area contributed by atoms with Gasteiger partial charge in [-0.1, -0.05) is 41.1 Å². The van der Waals surface area contributed by atoms with E-state index in [2.05, 4.69) is 26.6 Å². The Morgan fingerprint density at radius 1 is 1.05 bits per heavy atom. The van der Waals surface area contributed by atoms with Crippen LogP contribution in [-0.2, 0) is 9.53 Å². The topological polar surface area (TPSA) is 131 Å². The highest BCUT2D eigenvalue weighted by Gasteiger charge is 2.26. The second-order valence-electron chi connectivity index (χ2n) is 8.82. The van der Waals surface area contributed by atoms with Gasteiger partial charge in [0.1, 0.15) is 11.9 Å².